The van der Waals surface area contributed by atoms with Crippen LogP contribution in [0.2, 0.25) is 0 Å². The van der Waals surface area contributed by atoms with Crippen molar-refractivity contribution in [2.45, 2.75) is 26.3 Å². The maximum Gasteiger partial charge on any atom is 0.270 e. The molecule has 0 atom stereocenters. The zero-order chi connectivity index (χ0) is 17.1. The highest BCUT2D eigenvalue weighted by Gasteiger charge is 2.10. The minimum Gasteiger partial charge on any atom is -0.258 e. The Bertz CT molecular complexity index is 853. The molecule has 0 aliphatic carbocycles. The van der Waals surface area contributed by atoms with Crippen LogP contribution in [-0.4, -0.2) is 19.9 Å². The van der Waals surface area contributed by atoms with Crippen LogP contribution in [0.15, 0.2) is 54.7 Å². The Hall–Kier alpha value is -3.02. The van der Waals surface area contributed by atoms with E-state index in [0.29, 0.717) is 23.7 Å². The summed E-state index contributed by atoms with van der Waals surface area (Å²) in [5.41, 5.74) is 3.79. The van der Waals surface area contributed by atoms with Gasteiger partial charge in [0.05, 0.1) is 17.7 Å². The number of hydrogen-bond donors (Lipinski definition) is 0. The Labute approximate surface area is 139 Å². The Morgan fingerprint density at radius 1 is 1.17 bits per heavy atom. The summed E-state index contributed by atoms with van der Waals surface area (Å²) < 4.78 is 1.73. The van der Waals surface area contributed by atoms with Crippen molar-refractivity contribution < 1.29 is 4.92 Å². The number of aromatic nitrogens is 3. The minimum atomic E-state index is -0.412. The van der Waals surface area contributed by atoms with Crippen molar-refractivity contribution in [3.05, 3.63) is 76.0 Å². The molecule has 3 rings (SSSR count). The predicted octanol–water partition coefficient (Wildman–Crippen LogP) is 4.03. The lowest BCUT2D eigenvalue weighted by molar-refractivity contribution is -0.384. The first kappa shape index (κ1) is 15.9. The quantitative estimate of drug-likeness (QED) is 0.525. The van der Waals surface area contributed by atoms with E-state index in [1.54, 1.807) is 23.0 Å². The van der Waals surface area contributed by atoms with E-state index >= 15 is 0 Å². The van der Waals surface area contributed by atoms with Gasteiger partial charge in [-0.1, -0.05) is 55.5 Å². The van der Waals surface area contributed by atoms with Gasteiger partial charge in [-0.2, -0.15) is 0 Å². The van der Waals surface area contributed by atoms with Gasteiger partial charge in [0.2, 0.25) is 0 Å². The summed E-state index contributed by atoms with van der Waals surface area (Å²) in [4.78, 5) is 10.5. The van der Waals surface area contributed by atoms with Crippen LogP contribution in [0.5, 0.6) is 0 Å². The molecule has 0 amide bonds. The van der Waals surface area contributed by atoms with Crippen LogP contribution in [-0.2, 0) is 6.54 Å². The highest BCUT2D eigenvalue weighted by Crippen LogP contribution is 2.22. The highest BCUT2D eigenvalue weighted by atomic mass is 16.6. The zero-order valence-electron chi connectivity index (χ0n) is 13.6. The smallest absolute Gasteiger partial charge is 0.258 e. The largest absolute Gasteiger partial charge is 0.270 e. The molecule has 24 heavy (non-hydrogen) atoms. The Balaban J connectivity index is 1.78. The summed E-state index contributed by atoms with van der Waals surface area (Å²) >= 11 is 0. The molecular weight excluding hydrogens is 304 g/mol. The molecule has 6 heteroatoms. The fourth-order valence-electron chi connectivity index (χ4n) is 2.48. The molecule has 3 aromatic rings. The second kappa shape index (κ2) is 6.62. The summed E-state index contributed by atoms with van der Waals surface area (Å²) in [6, 6.07) is 14.8. The zero-order valence-corrected chi connectivity index (χ0v) is 13.6. The molecule has 0 aliphatic rings. The van der Waals surface area contributed by atoms with Crippen LogP contribution in [0, 0.1) is 10.1 Å². The molecule has 1 heterocycles. The van der Waals surface area contributed by atoms with Gasteiger partial charge in [-0.3, -0.25) is 10.1 Å². The normalized spacial score (nSPS) is 11.0. The third kappa shape index (κ3) is 3.48. The fraction of sp³-hybridized carbons (Fsp3) is 0.222. The van der Waals surface area contributed by atoms with E-state index in [1.165, 1.54) is 17.7 Å². The van der Waals surface area contributed by atoms with E-state index in [4.69, 9.17) is 0 Å². The lowest BCUT2D eigenvalue weighted by atomic mass is 10.0. The molecule has 0 bridgehead atoms. The number of benzene rings is 2. The van der Waals surface area contributed by atoms with E-state index in [1.807, 2.05) is 0 Å². The monoisotopic (exact) mass is 322 g/mol. The average Bonchev–Trinajstić information content (AvgIpc) is 3.04. The summed E-state index contributed by atoms with van der Waals surface area (Å²) in [5.74, 6) is 0.505. The molecule has 0 saturated heterocycles. The molecule has 122 valence electrons. The molecule has 0 radical (unpaired) electrons. The fourth-order valence-corrected chi connectivity index (χ4v) is 2.48. The summed E-state index contributed by atoms with van der Waals surface area (Å²) in [6.45, 7) is 4.94. The molecule has 2 aromatic carbocycles. The van der Waals surface area contributed by atoms with Crippen LogP contribution in [0.1, 0.15) is 30.9 Å². The molecule has 0 fully saturated rings. The predicted molar refractivity (Wildman–Crippen MR) is 91.7 cm³/mol. The Kier molecular flexibility index (Phi) is 4.37. The number of nitrogens with zero attached hydrogens (tertiary/aromatic N) is 4. The van der Waals surface area contributed by atoms with Gasteiger partial charge < -0.3 is 0 Å². The molecule has 6 nitrogen and oxygen atoms in total. The molecule has 0 unspecified atom stereocenters. The molecule has 0 saturated carbocycles. The third-order valence-corrected chi connectivity index (χ3v) is 3.88. The molecule has 0 spiro atoms. The van der Waals surface area contributed by atoms with Gasteiger partial charge >= 0.3 is 0 Å². The van der Waals surface area contributed by atoms with Gasteiger partial charge in [0.15, 0.2) is 0 Å². The van der Waals surface area contributed by atoms with E-state index < -0.39 is 4.92 Å². The summed E-state index contributed by atoms with van der Waals surface area (Å²) in [6.07, 6.45) is 1.80. The van der Waals surface area contributed by atoms with Crippen molar-refractivity contribution in [1.29, 1.82) is 0 Å². The Morgan fingerprint density at radius 2 is 1.92 bits per heavy atom. The van der Waals surface area contributed by atoms with Crippen molar-refractivity contribution in [1.82, 2.24) is 15.0 Å². The van der Waals surface area contributed by atoms with Crippen molar-refractivity contribution >= 4 is 5.69 Å². The summed E-state index contributed by atoms with van der Waals surface area (Å²) in [5, 5.41) is 19.1. The maximum absolute atomic E-state index is 10.9. The van der Waals surface area contributed by atoms with E-state index in [-0.39, 0.29) is 5.69 Å². The average molecular weight is 322 g/mol. The molecule has 1 aromatic heterocycles. The number of nitro benzene ring substituents is 1. The van der Waals surface area contributed by atoms with Crippen LogP contribution < -0.4 is 0 Å². The van der Waals surface area contributed by atoms with Crippen LogP contribution in [0.25, 0.3) is 11.3 Å². The molecular formula is C18H18N4O2. The number of hydrogen-bond acceptors (Lipinski definition) is 4. The van der Waals surface area contributed by atoms with E-state index in [2.05, 4.69) is 48.4 Å². The third-order valence-electron chi connectivity index (χ3n) is 3.88. The van der Waals surface area contributed by atoms with Gasteiger partial charge in [0.1, 0.15) is 5.69 Å². The first-order chi connectivity index (χ1) is 11.5. The number of rotatable bonds is 5. The molecule has 0 N–H and O–H groups in total. The van der Waals surface area contributed by atoms with Gasteiger partial charge in [-0.15, -0.1) is 5.10 Å². The summed E-state index contributed by atoms with van der Waals surface area (Å²) in [7, 11) is 0. The first-order valence-corrected chi connectivity index (χ1v) is 7.77. The van der Waals surface area contributed by atoms with Gasteiger partial charge in [0, 0.05) is 17.7 Å². The second-order valence-electron chi connectivity index (χ2n) is 6.01. The number of nitro groups is 1. The van der Waals surface area contributed by atoms with Crippen molar-refractivity contribution in [2.24, 2.45) is 0 Å². The lowest BCUT2D eigenvalue weighted by Gasteiger charge is -2.06. The molecule has 0 aliphatic heterocycles. The van der Waals surface area contributed by atoms with Gasteiger partial charge in [-0.25, -0.2) is 4.68 Å². The van der Waals surface area contributed by atoms with Gasteiger partial charge in [-0.05, 0) is 17.0 Å². The highest BCUT2D eigenvalue weighted by molar-refractivity contribution is 5.61. The van der Waals surface area contributed by atoms with Crippen LogP contribution >= 0.6 is 0 Å². The van der Waals surface area contributed by atoms with E-state index in [0.717, 1.165) is 5.56 Å². The minimum absolute atomic E-state index is 0.0475. The number of non-ortho nitro benzene ring substituents is 1. The van der Waals surface area contributed by atoms with E-state index in [9.17, 15) is 10.1 Å². The van der Waals surface area contributed by atoms with Crippen LogP contribution in [0.4, 0.5) is 5.69 Å². The second-order valence-corrected chi connectivity index (χ2v) is 6.01. The van der Waals surface area contributed by atoms with Gasteiger partial charge in [0.25, 0.3) is 5.69 Å². The topological polar surface area (TPSA) is 73.8 Å². The SMILES string of the molecule is CC(C)c1ccc(Cn2cc(-c3cccc([N+](=O)[O-])c3)nn2)cc1. The maximum atomic E-state index is 10.9. The lowest BCUT2D eigenvalue weighted by Crippen LogP contribution is -2.00. The van der Waals surface area contributed by atoms with Crippen LogP contribution in [0.3, 0.4) is 0 Å². The Morgan fingerprint density at radius 3 is 2.58 bits per heavy atom. The van der Waals surface area contributed by atoms with Crippen molar-refractivity contribution in [3.63, 3.8) is 0 Å². The van der Waals surface area contributed by atoms with Crippen molar-refractivity contribution in [2.75, 3.05) is 0 Å². The standard InChI is InChI=1S/C18H18N4O2/c1-13(2)15-8-6-14(7-9-15)11-21-12-18(19-20-21)16-4-3-5-17(10-16)22(23)24/h3-10,12-13H,11H2,1-2H3. The first-order valence-electron chi connectivity index (χ1n) is 7.77. The van der Waals surface area contributed by atoms with Crippen molar-refractivity contribution in [3.8, 4) is 11.3 Å².